The summed E-state index contributed by atoms with van der Waals surface area (Å²) in [5, 5.41) is 8.47. The second-order valence-electron chi connectivity index (χ2n) is 3.42. The van der Waals surface area contributed by atoms with Crippen LogP contribution in [0.4, 0.5) is 10.1 Å². The molecule has 0 radical (unpaired) electrons. The van der Waals surface area contributed by atoms with Crippen molar-refractivity contribution in [3.63, 3.8) is 0 Å². The number of hydrogen-bond donors (Lipinski definition) is 2. The normalized spacial score (nSPS) is 10.6. The fourth-order valence-electron chi connectivity index (χ4n) is 1.27. The molecule has 5 nitrogen and oxygen atoms in total. The van der Waals surface area contributed by atoms with Gasteiger partial charge in [-0.25, -0.2) is 4.39 Å². The van der Waals surface area contributed by atoms with Crippen LogP contribution in [0.5, 0.6) is 0 Å². The van der Waals surface area contributed by atoms with Crippen molar-refractivity contribution >= 4 is 34.7 Å². The monoisotopic (exact) mass is 284 g/mol. The summed E-state index contributed by atoms with van der Waals surface area (Å²) in [5.74, 6) is -1.21. The molecule has 2 aromatic rings. The summed E-state index contributed by atoms with van der Waals surface area (Å²) >= 11 is 2.42. The van der Waals surface area contributed by atoms with Crippen LogP contribution in [-0.4, -0.2) is 16.1 Å². The molecule has 4 N–H and O–H groups in total. The maximum Gasteiger partial charge on any atom is 0.250 e. The van der Waals surface area contributed by atoms with Crippen LogP contribution >= 0.6 is 23.1 Å². The molecule has 18 heavy (non-hydrogen) atoms. The number of nitrogens with two attached hydrogens (primary N) is 2. The lowest BCUT2D eigenvalue weighted by Gasteiger charge is -2.05. The van der Waals surface area contributed by atoms with Crippen LogP contribution in [0.15, 0.2) is 21.4 Å². The number of aromatic nitrogens is 2. The van der Waals surface area contributed by atoms with E-state index >= 15 is 0 Å². The van der Waals surface area contributed by atoms with Crippen molar-refractivity contribution in [2.24, 2.45) is 5.73 Å². The Morgan fingerprint density at radius 3 is 2.72 bits per heavy atom. The molecule has 1 amide bonds. The van der Waals surface area contributed by atoms with E-state index in [-0.39, 0.29) is 16.1 Å². The predicted molar refractivity (Wildman–Crippen MR) is 68.1 cm³/mol. The molecule has 1 heterocycles. The fraction of sp³-hybridized carbons (Fsp3) is 0.100. The van der Waals surface area contributed by atoms with Gasteiger partial charge in [0, 0.05) is 5.69 Å². The second-order valence-corrected chi connectivity index (χ2v) is 5.89. The highest BCUT2D eigenvalue weighted by Gasteiger charge is 2.14. The van der Waals surface area contributed by atoms with Gasteiger partial charge in [0.05, 0.1) is 10.5 Å². The third kappa shape index (κ3) is 2.59. The van der Waals surface area contributed by atoms with Crippen molar-refractivity contribution < 1.29 is 9.18 Å². The molecule has 94 valence electrons. The molecule has 0 unspecified atom stereocenters. The summed E-state index contributed by atoms with van der Waals surface area (Å²) in [7, 11) is 0. The average molecular weight is 284 g/mol. The third-order valence-electron chi connectivity index (χ3n) is 2.07. The Bertz CT molecular complexity index is 614. The zero-order valence-corrected chi connectivity index (χ0v) is 10.9. The van der Waals surface area contributed by atoms with Crippen molar-refractivity contribution in [3.05, 3.63) is 28.5 Å². The fourth-order valence-corrected chi connectivity index (χ4v) is 3.09. The number of benzene rings is 1. The lowest BCUT2D eigenvalue weighted by atomic mass is 10.1. The van der Waals surface area contributed by atoms with Gasteiger partial charge < -0.3 is 11.5 Å². The number of anilines is 1. The summed E-state index contributed by atoms with van der Waals surface area (Å²) in [6, 6.07) is 2.41. The highest BCUT2D eigenvalue weighted by atomic mass is 32.2. The van der Waals surface area contributed by atoms with Crippen LogP contribution in [-0.2, 0) is 0 Å². The minimum absolute atomic E-state index is 0.0257. The molecule has 0 aliphatic rings. The van der Waals surface area contributed by atoms with Crippen LogP contribution in [0.2, 0.25) is 0 Å². The van der Waals surface area contributed by atoms with Gasteiger partial charge in [-0.05, 0) is 19.1 Å². The summed E-state index contributed by atoms with van der Waals surface area (Å²) in [6.07, 6.45) is 0. The van der Waals surface area contributed by atoms with Gasteiger partial charge in [-0.3, -0.25) is 4.79 Å². The maximum absolute atomic E-state index is 13.7. The SMILES string of the molecule is Cc1nnc(Sc2cc(C(N)=O)c(N)cc2F)s1. The number of nitrogens with zero attached hydrogens (tertiary/aromatic N) is 2. The lowest BCUT2D eigenvalue weighted by Crippen LogP contribution is -2.14. The molecule has 2 rings (SSSR count). The van der Waals surface area contributed by atoms with Gasteiger partial charge in [0.2, 0.25) is 0 Å². The van der Waals surface area contributed by atoms with E-state index in [0.29, 0.717) is 4.34 Å². The Hall–Kier alpha value is -1.67. The standard InChI is InChI=1S/C10H9FN4OS2/c1-4-14-15-10(17-4)18-8-2-5(9(13)16)7(12)3-6(8)11/h2-3H,12H2,1H3,(H2,13,16). The summed E-state index contributed by atoms with van der Waals surface area (Å²) in [6.45, 7) is 1.80. The molecule has 0 saturated heterocycles. The first kappa shape index (κ1) is 12.8. The van der Waals surface area contributed by atoms with Crippen LogP contribution in [0.1, 0.15) is 15.4 Å². The van der Waals surface area contributed by atoms with Gasteiger partial charge in [-0.15, -0.1) is 10.2 Å². The van der Waals surface area contributed by atoms with E-state index in [1.165, 1.54) is 17.4 Å². The minimum atomic E-state index is -0.692. The van der Waals surface area contributed by atoms with E-state index in [9.17, 15) is 9.18 Å². The highest BCUT2D eigenvalue weighted by Crippen LogP contribution is 2.33. The van der Waals surface area contributed by atoms with Crippen molar-refractivity contribution in [2.75, 3.05) is 5.73 Å². The molecule has 1 aromatic carbocycles. The topological polar surface area (TPSA) is 94.9 Å². The van der Waals surface area contributed by atoms with Gasteiger partial charge in [0.25, 0.3) is 5.91 Å². The zero-order chi connectivity index (χ0) is 13.3. The Morgan fingerprint density at radius 1 is 1.44 bits per heavy atom. The summed E-state index contributed by atoms with van der Waals surface area (Å²) in [5.41, 5.74) is 10.8. The van der Waals surface area contributed by atoms with E-state index < -0.39 is 11.7 Å². The van der Waals surface area contributed by atoms with Crippen LogP contribution in [0.25, 0.3) is 0 Å². The first-order chi connectivity index (χ1) is 8.47. The highest BCUT2D eigenvalue weighted by molar-refractivity contribution is 8.01. The zero-order valence-electron chi connectivity index (χ0n) is 9.31. The van der Waals surface area contributed by atoms with E-state index in [4.69, 9.17) is 11.5 Å². The Kier molecular flexibility index (Phi) is 3.48. The van der Waals surface area contributed by atoms with Gasteiger partial charge >= 0.3 is 0 Å². The lowest BCUT2D eigenvalue weighted by molar-refractivity contribution is 0.100. The summed E-state index contributed by atoms with van der Waals surface area (Å²) in [4.78, 5) is 11.4. The largest absolute Gasteiger partial charge is 0.398 e. The number of nitrogen functional groups attached to an aromatic ring is 1. The van der Waals surface area contributed by atoms with Gasteiger partial charge in [-0.2, -0.15) is 0 Å². The molecule has 8 heteroatoms. The molecule has 0 spiro atoms. The van der Waals surface area contributed by atoms with Crippen molar-refractivity contribution in [2.45, 2.75) is 16.2 Å². The van der Waals surface area contributed by atoms with E-state index in [1.807, 2.05) is 0 Å². The first-order valence-electron chi connectivity index (χ1n) is 4.84. The Labute approximate surface area is 110 Å². The number of carbonyl (C=O) groups is 1. The molecular weight excluding hydrogens is 275 g/mol. The number of primary amides is 1. The van der Waals surface area contributed by atoms with Crippen molar-refractivity contribution in [3.8, 4) is 0 Å². The number of amides is 1. The predicted octanol–water partition coefficient (Wildman–Crippen LogP) is 1.82. The number of rotatable bonds is 3. The van der Waals surface area contributed by atoms with E-state index in [2.05, 4.69) is 10.2 Å². The Morgan fingerprint density at radius 2 is 2.17 bits per heavy atom. The molecule has 0 bridgehead atoms. The Balaban J connectivity index is 2.38. The number of aryl methyl sites for hydroxylation is 1. The third-order valence-corrected chi connectivity index (χ3v) is 4.00. The molecule has 0 aliphatic carbocycles. The molecule has 1 aromatic heterocycles. The minimum Gasteiger partial charge on any atom is -0.398 e. The molecule has 0 saturated carbocycles. The number of halogens is 1. The second kappa shape index (κ2) is 4.91. The van der Waals surface area contributed by atoms with Gasteiger partial charge in [0.1, 0.15) is 10.8 Å². The molecule has 0 fully saturated rings. The van der Waals surface area contributed by atoms with Crippen LogP contribution < -0.4 is 11.5 Å². The van der Waals surface area contributed by atoms with Crippen LogP contribution in [0.3, 0.4) is 0 Å². The van der Waals surface area contributed by atoms with Gasteiger partial charge in [0.15, 0.2) is 4.34 Å². The molecule has 0 aliphatic heterocycles. The van der Waals surface area contributed by atoms with E-state index in [0.717, 1.165) is 22.8 Å². The van der Waals surface area contributed by atoms with Gasteiger partial charge in [-0.1, -0.05) is 23.1 Å². The number of carbonyl (C=O) groups excluding carboxylic acids is 1. The van der Waals surface area contributed by atoms with Crippen molar-refractivity contribution in [1.82, 2.24) is 10.2 Å². The quantitative estimate of drug-likeness (QED) is 0.838. The average Bonchev–Trinajstić information content (AvgIpc) is 2.67. The molecular formula is C10H9FN4OS2. The first-order valence-corrected chi connectivity index (χ1v) is 6.47. The molecule has 0 atom stereocenters. The van der Waals surface area contributed by atoms with E-state index in [1.54, 1.807) is 6.92 Å². The summed E-state index contributed by atoms with van der Waals surface area (Å²) < 4.78 is 14.3. The maximum atomic E-state index is 13.7. The number of hydrogen-bond acceptors (Lipinski definition) is 6. The van der Waals surface area contributed by atoms with Crippen LogP contribution in [0, 0.1) is 12.7 Å². The van der Waals surface area contributed by atoms with Crippen molar-refractivity contribution in [1.29, 1.82) is 0 Å². The smallest absolute Gasteiger partial charge is 0.250 e.